The van der Waals surface area contributed by atoms with Crippen molar-refractivity contribution in [2.75, 3.05) is 0 Å². The highest BCUT2D eigenvalue weighted by atomic mass is 16.4. The maximum atomic E-state index is 10.8. The minimum atomic E-state index is -1.09. The Morgan fingerprint density at radius 3 is 2.89 bits per heavy atom. The number of aromatic carboxylic acids is 1. The number of hydrogen-bond acceptors (Lipinski definition) is 3. The van der Waals surface area contributed by atoms with Gasteiger partial charge in [-0.05, 0) is 6.07 Å². The summed E-state index contributed by atoms with van der Waals surface area (Å²) in [5.41, 5.74) is 1.75. The summed E-state index contributed by atoms with van der Waals surface area (Å²) in [6.07, 6.45) is 3.03. The third-order valence-corrected chi connectivity index (χ3v) is 2.85. The molecule has 0 bridgehead atoms. The number of rotatable bonds is 2. The molecule has 0 atom stereocenters. The van der Waals surface area contributed by atoms with Crippen molar-refractivity contribution in [3.63, 3.8) is 0 Å². The van der Waals surface area contributed by atoms with Gasteiger partial charge in [-0.1, -0.05) is 18.2 Å². The molecular formula is C13H10N2O3. The van der Waals surface area contributed by atoms with Crippen LogP contribution in [0.5, 0.6) is 0 Å². The summed E-state index contributed by atoms with van der Waals surface area (Å²) in [6, 6.07) is 7.81. The highest BCUT2D eigenvalue weighted by Crippen LogP contribution is 2.29. The summed E-state index contributed by atoms with van der Waals surface area (Å²) < 4.78 is 7.18. The van der Waals surface area contributed by atoms with Gasteiger partial charge in [0, 0.05) is 24.1 Å². The van der Waals surface area contributed by atoms with Crippen molar-refractivity contribution in [1.29, 1.82) is 0 Å². The SMILES string of the molecule is Cn1cc(-c2nc(C(=O)O)co2)c2ccccc21. The second kappa shape index (κ2) is 3.73. The largest absolute Gasteiger partial charge is 0.476 e. The van der Waals surface area contributed by atoms with Crippen LogP contribution < -0.4 is 0 Å². The van der Waals surface area contributed by atoms with Gasteiger partial charge in [0.25, 0.3) is 0 Å². The number of carboxylic acids is 1. The van der Waals surface area contributed by atoms with Gasteiger partial charge in [0.05, 0.1) is 5.56 Å². The van der Waals surface area contributed by atoms with Crippen LogP contribution in [0.1, 0.15) is 10.5 Å². The monoisotopic (exact) mass is 242 g/mol. The normalized spacial score (nSPS) is 10.9. The third kappa shape index (κ3) is 1.48. The van der Waals surface area contributed by atoms with E-state index in [-0.39, 0.29) is 5.69 Å². The fourth-order valence-corrected chi connectivity index (χ4v) is 2.01. The molecule has 1 N–H and O–H groups in total. The van der Waals surface area contributed by atoms with Crippen LogP contribution in [-0.2, 0) is 7.05 Å². The quantitative estimate of drug-likeness (QED) is 0.749. The zero-order valence-corrected chi connectivity index (χ0v) is 9.62. The predicted octanol–water partition coefficient (Wildman–Crippen LogP) is 2.53. The Morgan fingerprint density at radius 2 is 2.17 bits per heavy atom. The number of carboxylic acid groups (broad SMARTS) is 1. The molecule has 0 amide bonds. The Kier molecular flexibility index (Phi) is 2.19. The predicted molar refractivity (Wildman–Crippen MR) is 65.4 cm³/mol. The molecule has 0 aliphatic heterocycles. The van der Waals surface area contributed by atoms with Crippen LogP contribution in [0.15, 0.2) is 41.1 Å². The zero-order valence-electron chi connectivity index (χ0n) is 9.62. The second-order valence-electron chi connectivity index (χ2n) is 4.01. The van der Waals surface area contributed by atoms with Crippen LogP contribution in [0, 0.1) is 0 Å². The summed E-state index contributed by atoms with van der Waals surface area (Å²) in [4.78, 5) is 14.8. The van der Waals surface area contributed by atoms with Crippen LogP contribution in [0.25, 0.3) is 22.4 Å². The van der Waals surface area contributed by atoms with Gasteiger partial charge in [-0.25, -0.2) is 9.78 Å². The molecule has 18 heavy (non-hydrogen) atoms. The molecule has 0 spiro atoms. The first kappa shape index (κ1) is 10.6. The van der Waals surface area contributed by atoms with E-state index >= 15 is 0 Å². The van der Waals surface area contributed by atoms with Gasteiger partial charge in [-0.2, -0.15) is 0 Å². The smallest absolute Gasteiger partial charge is 0.357 e. The summed E-state index contributed by atoms with van der Waals surface area (Å²) in [5.74, 6) is -0.769. The van der Waals surface area contributed by atoms with Crippen LogP contribution >= 0.6 is 0 Å². The number of benzene rings is 1. The lowest BCUT2D eigenvalue weighted by Gasteiger charge is -1.93. The number of oxazole rings is 1. The lowest BCUT2D eigenvalue weighted by Crippen LogP contribution is -1.95. The fraction of sp³-hybridized carbons (Fsp3) is 0.0769. The van der Waals surface area contributed by atoms with Gasteiger partial charge in [0.1, 0.15) is 6.26 Å². The first-order chi connectivity index (χ1) is 8.66. The Balaban J connectivity index is 2.22. The van der Waals surface area contributed by atoms with E-state index in [1.165, 1.54) is 0 Å². The highest BCUT2D eigenvalue weighted by Gasteiger charge is 2.15. The minimum Gasteiger partial charge on any atom is -0.476 e. The molecule has 2 heterocycles. The van der Waals surface area contributed by atoms with E-state index in [9.17, 15) is 4.79 Å². The molecule has 0 aliphatic carbocycles. The topological polar surface area (TPSA) is 68.3 Å². The molecule has 0 unspecified atom stereocenters. The van der Waals surface area contributed by atoms with Crippen molar-refractivity contribution < 1.29 is 14.3 Å². The molecule has 5 nitrogen and oxygen atoms in total. The van der Waals surface area contributed by atoms with Gasteiger partial charge in [-0.15, -0.1) is 0 Å². The molecule has 3 rings (SSSR count). The average Bonchev–Trinajstić information content (AvgIpc) is 2.95. The summed E-state index contributed by atoms with van der Waals surface area (Å²) in [5, 5.41) is 9.82. The van der Waals surface area contributed by atoms with Crippen molar-refractivity contribution in [2.24, 2.45) is 7.05 Å². The Hall–Kier alpha value is -2.56. The Morgan fingerprint density at radius 1 is 1.39 bits per heavy atom. The Bertz CT molecular complexity index is 740. The molecular weight excluding hydrogens is 232 g/mol. The summed E-state index contributed by atoms with van der Waals surface area (Å²) in [7, 11) is 1.92. The minimum absolute atomic E-state index is 0.0852. The highest BCUT2D eigenvalue weighted by molar-refractivity contribution is 5.94. The molecule has 3 aromatic rings. The van der Waals surface area contributed by atoms with Gasteiger partial charge < -0.3 is 14.1 Å². The molecule has 90 valence electrons. The molecule has 2 aromatic heterocycles. The maximum absolute atomic E-state index is 10.8. The standard InChI is InChI=1S/C13H10N2O3/c1-15-6-9(8-4-2-3-5-11(8)15)12-14-10(7-18-12)13(16)17/h2-7H,1H3,(H,16,17). The number of aromatic nitrogens is 2. The van der Waals surface area contributed by atoms with Crippen molar-refractivity contribution in [1.82, 2.24) is 9.55 Å². The van der Waals surface area contributed by atoms with Crippen molar-refractivity contribution in [3.8, 4) is 11.5 Å². The van der Waals surface area contributed by atoms with Gasteiger partial charge >= 0.3 is 5.97 Å². The number of nitrogens with zero attached hydrogens (tertiary/aromatic N) is 2. The third-order valence-electron chi connectivity index (χ3n) is 2.85. The molecule has 5 heteroatoms. The van der Waals surface area contributed by atoms with E-state index in [1.807, 2.05) is 42.1 Å². The van der Waals surface area contributed by atoms with Gasteiger partial charge in [-0.3, -0.25) is 0 Å². The van der Waals surface area contributed by atoms with Crippen molar-refractivity contribution >= 4 is 16.9 Å². The average molecular weight is 242 g/mol. The fourth-order valence-electron chi connectivity index (χ4n) is 2.01. The van der Waals surface area contributed by atoms with E-state index < -0.39 is 5.97 Å². The van der Waals surface area contributed by atoms with Gasteiger partial charge in [0.15, 0.2) is 5.69 Å². The summed E-state index contributed by atoms with van der Waals surface area (Å²) in [6.45, 7) is 0. The number of fused-ring (bicyclic) bond motifs is 1. The first-order valence-corrected chi connectivity index (χ1v) is 5.40. The lowest BCUT2D eigenvalue weighted by molar-refractivity contribution is 0.0690. The number of aryl methyl sites for hydroxylation is 1. The van der Waals surface area contributed by atoms with E-state index in [2.05, 4.69) is 4.98 Å². The molecule has 1 aromatic carbocycles. The zero-order chi connectivity index (χ0) is 12.7. The molecule has 0 saturated heterocycles. The van der Waals surface area contributed by atoms with E-state index in [0.29, 0.717) is 5.89 Å². The van der Waals surface area contributed by atoms with Crippen molar-refractivity contribution in [2.45, 2.75) is 0 Å². The van der Waals surface area contributed by atoms with Gasteiger partial charge in [0.2, 0.25) is 5.89 Å². The molecule has 0 saturated carbocycles. The van der Waals surface area contributed by atoms with Crippen LogP contribution in [0.3, 0.4) is 0 Å². The molecule has 0 radical (unpaired) electrons. The maximum Gasteiger partial charge on any atom is 0.357 e. The van der Waals surface area contributed by atoms with Crippen LogP contribution in [-0.4, -0.2) is 20.6 Å². The number of para-hydroxylation sites is 1. The first-order valence-electron chi connectivity index (χ1n) is 5.40. The lowest BCUT2D eigenvalue weighted by atomic mass is 10.2. The molecule has 0 aliphatic rings. The van der Waals surface area contributed by atoms with Crippen LogP contribution in [0.4, 0.5) is 0 Å². The molecule has 0 fully saturated rings. The van der Waals surface area contributed by atoms with E-state index in [1.54, 1.807) is 0 Å². The summed E-state index contributed by atoms with van der Waals surface area (Å²) >= 11 is 0. The second-order valence-corrected chi connectivity index (χ2v) is 4.01. The van der Waals surface area contributed by atoms with Crippen molar-refractivity contribution in [3.05, 3.63) is 42.4 Å². The van der Waals surface area contributed by atoms with E-state index in [0.717, 1.165) is 22.7 Å². The number of hydrogen-bond donors (Lipinski definition) is 1. The van der Waals surface area contributed by atoms with Crippen LogP contribution in [0.2, 0.25) is 0 Å². The Labute approximate surface area is 102 Å². The van der Waals surface area contributed by atoms with E-state index in [4.69, 9.17) is 9.52 Å². The number of carbonyl (C=O) groups is 1.